The number of hydrogen-bond donors (Lipinski definition) is 0. The van der Waals surface area contributed by atoms with Gasteiger partial charge in [0.1, 0.15) is 0 Å². The molecule has 0 spiro atoms. The van der Waals surface area contributed by atoms with Crippen molar-refractivity contribution in [1.29, 1.82) is 0 Å². The number of aromatic nitrogens is 1. The van der Waals surface area contributed by atoms with Crippen molar-refractivity contribution in [2.24, 2.45) is 0 Å². The number of para-hydroxylation sites is 4. The summed E-state index contributed by atoms with van der Waals surface area (Å²) in [6, 6.07) is 81.3. The van der Waals surface area contributed by atoms with Gasteiger partial charge in [0.05, 0.1) is 27.1 Å². The Kier molecular flexibility index (Phi) is 10.2. The summed E-state index contributed by atoms with van der Waals surface area (Å²) in [6.07, 6.45) is 0. The number of nitrogens with zero attached hydrogens (tertiary/aromatic N) is 2. The lowest BCUT2D eigenvalue weighted by Gasteiger charge is -2.29. The van der Waals surface area contributed by atoms with Gasteiger partial charge in [0.15, 0.2) is 0 Å². The van der Waals surface area contributed by atoms with Gasteiger partial charge < -0.3 is 9.47 Å². The van der Waals surface area contributed by atoms with E-state index < -0.39 is 0 Å². The number of hydrogen-bond acceptors (Lipinski definition) is 2. The zero-order valence-corrected chi connectivity index (χ0v) is 40.9. The van der Waals surface area contributed by atoms with Gasteiger partial charge in [-0.3, -0.25) is 0 Å². The van der Waals surface area contributed by atoms with E-state index in [4.69, 9.17) is 0 Å². The maximum Gasteiger partial charge on any atom is 0.0640 e. The van der Waals surface area contributed by atoms with E-state index in [1.807, 2.05) is 11.3 Å². The van der Waals surface area contributed by atoms with Crippen molar-refractivity contribution in [1.82, 2.24) is 4.57 Å². The third-order valence-corrected chi connectivity index (χ3v) is 15.3. The molecular formula is C66H54N2S. The molecule has 12 aromatic rings. The van der Waals surface area contributed by atoms with Gasteiger partial charge >= 0.3 is 0 Å². The van der Waals surface area contributed by atoms with Crippen LogP contribution in [0.1, 0.15) is 52.7 Å². The van der Waals surface area contributed by atoms with E-state index in [1.54, 1.807) is 0 Å². The monoisotopic (exact) mass is 906 g/mol. The zero-order valence-electron chi connectivity index (χ0n) is 40.1. The lowest BCUT2D eigenvalue weighted by Crippen LogP contribution is -2.16. The first kappa shape index (κ1) is 42.6. The lowest BCUT2D eigenvalue weighted by atomic mass is 9.78. The molecule has 0 fully saturated rings. The molecule has 0 amide bonds. The van der Waals surface area contributed by atoms with Crippen LogP contribution in [-0.4, -0.2) is 4.57 Å². The van der Waals surface area contributed by atoms with Gasteiger partial charge in [-0.05, 0) is 104 Å². The minimum absolute atomic E-state index is 0.0116. The van der Waals surface area contributed by atoms with Crippen LogP contribution >= 0.6 is 11.3 Å². The van der Waals surface area contributed by atoms with E-state index in [0.717, 1.165) is 28.3 Å². The predicted molar refractivity (Wildman–Crippen MR) is 300 cm³/mol. The molecule has 334 valence electrons. The molecular weight excluding hydrogens is 853 g/mol. The van der Waals surface area contributed by atoms with Crippen LogP contribution in [0.15, 0.2) is 218 Å². The Hall–Kier alpha value is -7.72. The number of anilines is 3. The Morgan fingerprint density at radius 1 is 0.406 bits per heavy atom. The molecule has 0 N–H and O–H groups in total. The molecule has 0 saturated carbocycles. The molecule has 0 aliphatic rings. The molecule has 12 rings (SSSR count). The second kappa shape index (κ2) is 16.5. The number of rotatable bonds is 7. The van der Waals surface area contributed by atoms with Crippen molar-refractivity contribution in [3.8, 4) is 39.1 Å². The Morgan fingerprint density at radius 3 is 1.77 bits per heavy atom. The Bertz CT molecular complexity index is 3890. The van der Waals surface area contributed by atoms with Gasteiger partial charge in [-0.25, -0.2) is 0 Å². The zero-order chi connectivity index (χ0) is 47.0. The van der Waals surface area contributed by atoms with Gasteiger partial charge in [-0.1, -0.05) is 211 Å². The molecule has 0 saturated heterocycles. The summed E-state index contributed by atoms with van der Waals surface area (Å²) >= 11 is 1.88. The van der Waals surface area contributed by atoms with Crippen molar-refractivity contribution in [3.05, 3.63) is 230 Å². The summed E-state index contributed by atoms with van der Waals surface area (Å²) in [5, 5.41) is 7.52. The molecule has 3 heteroatoms. The molecule has 0 unspecified atom stereocenters. The highest BCUT2D eigenvalue weighted by atomic mass is 32.1. The summed E-state index contributed by atoms with van der Waals surface area (Å²) in [5.74, 6) is 0. The minimum Gasteiger partial charge on any atom is -0.309 e. The summed E-state index contributed by atoms with van der Waals surface area (Å²) in [4.78, 5) is 2.53. The van der Waals surface area contributed by atoms with Crippen molar-refractivity contribution in [2.45, 2.75) is 52.4 Å². The number of fused-ring (bicyclic) bond motifs is 7. The van der Waals surface area contributed by atoms with Crippen LogP contribution in [0.2, 0.25) is 0 Å². The number of thiophene rings is 1. The molecule has 0 aliphatic carbocycles. The first-order chi connectivity index (χ1) is 33.5. The van der Waals surface area contributed by atoms with Crippen LogP contribution in [0.25, 0.3) is 91.8 Å². The fourth-order valence-corrected chi connectivity index (χ4v) is 11.8. The first-order valence-corrected chi connectivity index (χ1v) is 25.0. The first-order valence-electron chi connectivity index (χ1n) is 24.2. The van der Waals surface area contributed by atoms with Crippen LogP contribution in [0.4, 0.5) is 17.1 Å². The molecule has 2 aromatic heterocycles. The van der Waals surface area contributed by atoms with Crippen LogP contribution in [0, 0.1) is 0 Å². The normalized spacial score (nSPS) is 12.2. The molecule has 2 nitrogen and oxygen atoms in total. The highest BCUT2D eigenvalue weighted by Gasteiger charge is 2.26. The van der Waals surface area contributed by atoms with Gasteiger partial charge in [-0.15, -0.1) is 11.3 Å². The second-order valence-corrected chi connectivity index (χ2v) is 21.6. The van der Waals surface area contributed by atoms with E-state index >= 15 is 0 Å². The van der Waals surface area contributed by atoms with Gasteiger partial charge in [-0.2, -0.15) is 0 Å². The maximum atomic E-state index is 2.53. The molecule has 0 bridgehead atoms. The summed E-state index contributed by atoms with van der Waals surface area (Å²) < 4.78 is 4.99. The van der Waals surface area contributed by atoms with Crippen LogP contribution in [-0.2, 0) is 10.8 Å². The Balaban J connectivity index is 1.12. The SMILES string of the molecule is CC(C)(C)c1cc(-c2cccc3cccc(-c4ccccc4N(c4cccc(-c5cccc6c7ccccc7n(-c7ccccc7)c56)c4)c4cccc5c4sc4ccccc45)c23)cc(C(C)(C)C)c1. The second-order valence-electron chi connectivity index (χ2n) is 20.6. The molecule has 0 atom stereocenters. The van der Waals surface area contributed by atoms with E-state index in [2.05, 4.69) is 269 Å². The Morgan fingerprint density at radius 2 is 0.986 bits per heavy atom. The topological polar surface area (TPSA) is 8.17 Å². The maximum absolute atomic E-state index is 2.53. The van der Waals surface area contributed by atoms with Crippen LogP contribution in [0.5, 0.6) is 0 Å². The molecule has 0 aliphatic heterocycles. The third-order valence-electron chi connectivity index (χ3n) is 14.1. The van der Waals surface area contributed by atoms with E-state index in [9.17, 15) is 0 Å². The Labute approximate surface area is 409 Å². The minimum atomic E-state index is -0.0116. The van der Waals surface area contributed by atoms with E-state index in [0.29, 0.717) is 0 Å². The van der Waals surface area contributed by atoms with Crippen molar-refractivity contribution in [2.75, 3.05) is 4.90 Å². The summed E-state index contributed by atoms with van der Waals surface area (Å²) in [6.45, 7) is 14.0. The standard InChI is InChI=1S/C66H54N2S/c1-65(2,3)46-39-45(40-47(42-46)66(4,5)6)50-30-17-21-43-22-18-32-55(62(43)50)52-27-10-13-35-58(52)67(60-37-20-34-57-54-29-12-15-38-61(54)69-64(57)60)49-26-16-23-44(41-49)51-31-19-33-56-53-28-11-14-36-59(53)68(63(51)56)48-24-8-7-9-25-48/h7-42H,1-6H3. The van der Waals surface area contributed by atoms with Gasteiger partial charge in [0.25, 0.3) is 0 Å². The van der Waals surface area contributed by atoms with Crippen molar-refractivity contribution in [3.63, 3.8) is 0 Å². The fraction of sp³-hybridized carbons (Fsp3) is 0.121. The highest BCUT2D eigenvalue weighted by molar-refractivity contribution is 7.26. The van der Waals surface area contributed by atoms with E-state index in [-0.39, 0.29) is 10.8 Å². The molecule has 10 aromatic carbocycles. The highest BCUT2D eigenvalue weighted by Crippen LogP contribution is 2.50. The smallest absolute Gasteiger partial charge is 0.0640 e. The van der Waals surface area contributed by atoms with Crippen LogP contribution < -0.4 is 4.90 Å². The molecule has 2 heterocycles. The van der Waals surface area contributed by atoms with E-state index in [1.165, 1.54) is 91.7 Å². The predicted octanol–water partition coefficient (Wildman–Crippen LogP) is 19.4. The average Bonchev–Trinajstić information content (AvgIpc) is 3.93. The lowest BCUT2D eigenvalue weighted by molar-refractivity contribution is 0.569. The van der Waals surface area contributed by atoms with Crippen molar-refractivity contribution >= 4 is 81.1 Å². The summed E-state index contributed by atoms with van der Waals surface area (Å²) in [7, 11) is 0. The fourth-order valence-electron chi connectivity index (χ4n) is 10.6. The average molecular weight is 907 g/mol. The third kappa shape index (κ3) is 7.32. The van der Waals surface area contributed by atoms with Crippen molar-refractivity contribution < 1.29 is 0 Å². The van der Waals surface area contributed by atoms with Gasteiger partial charge in [0, 0.05) is 48.7 Å². The van der Waals surface area contributed by atoms with Gasteiger partial charge in [0.2, 0.25) is 0 Å². The van der Waals surface area contributed by atoms with Crippen LogP contribution in [0.3, 0.4) is 0 Å². The number of benzene rings is 10. The molecule has 69 heavy (non-hydrogen) atoms. The quantitative estimate of drug-likeness (QED) is 0.155. The molecule has 0 radical (unpaired) electrons. The largest absolute Gasteiger partial charge is 0.309 e. The summed E-state index contributed by atoms with van der Waals surface area (Å²) in [5.41, 5.74) is 16.8.